The highest BCUT2D eigenvalue weighted by molar-refractivity contribution is 9.10. The average molecular weight is 330 g/mol. The molecular formula is C17H16BrNO. The lowest BCUT2D eigenvalue weighted by Gasteiger charge is -2.15. The van der Waals surface area contributed by atoms with Gasteiger partial charge in [0.25, 0.3) is 0 Å². The maximum Gasteiger partial charge on any atom is 0.125 e. The number of benzene rings is 2. The third kappa shape index (κ3) is 3.02. The predicted molar refractivity (Wildman–Crippen MR) is 83.8 cm³/mol. The van der Waals surface area contributed by atoms with Gasteiger partial charge in [-0.3, -0.25) is 0 Å². The summed E-state index contributed by atoms with van der Waals surface area (Å²) < 4.78 is 7.07. The predicted octanol–water partition coefficient (Wildman–Crippen LogP) is 4.83. The quantitative estimate of drug-likeness (QED) is 0.808. The fraction of sp³-hybridized carbons (Fsp3) is 0.235. The second kappa shape index (κ2) is 6.11. The van der Waals surface area contributed by atoms with Gasteiger partial charge >= 0.3 is 0 Å². The van der Waals surface area contributed by atoms with Crippen LogP contribution in [0.1, 0.15) is 27.8 Å². The molecule has 3 heteroatoms. The topological polar surface area (TPSA) is 33.0 Å². The molecule has 0 atom stereocenters. The Morgan fingerprint density at radius 1 is 1.10 bits per heavy atom. The lowest BCUT2D eigenvalue weighted by atomic mass is 10.1. The molecule has 2 nitrogen and oxygen atoms in total. The van der Waals surface area contributed by atoms with Gasteiger partial charge in [-0.05, 0) is 61.2 Å². The Morgan fingerprint density at radius 2 is 1.75 bits per heavy atom. The monoisotopic (exact) mass is 329 g/mol. The standard InChI is InChI=1S/C17H16BrNO/c1-11-8-16(18)12(2)13(3)17(11)20-10-15-6-4-14(9-19)5-7-15/h4-8H,10H2,1-3H3. The SMILES string of the molecule is Cc1cc(Br)c(C)c(C)c1OCc1ccc(C#N)cc1. The van der Waals surface area contributed by atoms with E-state index in [1.807, 2.05) is 31.2 Å². The molecule has 0 bridgehead atoms. The van der Waals surface area contributed by atoms with Crippen molar-refractivity contribution in [1.29, 1.82) is 5.26 Å². The first-order valence-electron chi connectivity index (χ1n) is 6.41. The highest BCUT2D eigenvalue weighted by atomic mass is 79.9. The largest absolute Gasteiger partial charge is 0.488 e. The molecule has 0 saturated heterocycles. The summed E-state index contributed by atoms with van der Waals surface area (Å²) in [6.45, 7) is 6.70. The van der Waals surface area contributed by atoms with Crippen LogP contribution in [0.3, 0.4) is 0 Å². The Kier molecular flexibility index (Phi) is 4.46. The van der Waals surface area contributed by atoms with Crippen LogP contribution in [0.2, 0.25) is 0 Å². The van der Waals surface area contributed by atoms with Crippen LogP contribution in [0.25, 0.3) is 0 Å². The number of ether oxygens (including phenoxy) is 1. The Hall–Kier alpha value is -1.79. The van der Waals surface area contributed by atoms with Gasteiger partial charge in [0.1, 0.15) is 12.4 Å². The normalized spacial score (nSPS) is 10.2. The molecule has 0 aliphatic carbocycles. The van der Waals surface area contributed by atoms with Crippen LogP contribution in [-0.2, 0) is 6.61 Å². The van der Waals surface area contributed by atoms with Gasteiger partial charge in [0.15, 0.2) is 0 Å². The maximum atomic E-state index is 8.78. The summed E-state index contributed by atoms with van der Waals surface area (Å²) in [6, 6.07) is 11.7. The minimum Gasteiger partial charge on any atom is -0.488 e. The zero-order chi connectivity index (χ0) is 14.7. The highest BCUT2D eigenvalue weighted by Gasteiger charge is 2.10. The van der Waals surface area contributed by atoms with Crippen molar-refractivity contribution in [3.63, 3.8) is 0 Å². The van der Waals surface area contributed by atoms with Crippen molar-refractivity contribution in [2.45, 2.75) is 27.4 Å². The molecule has 0 spiro atoms. The van der Waals surface area contributed by atoms with Crippen molar-refractivity contribution >= 4 is 15.9 Å². The van der Waals surface area contributed by atoms with E-state index >= 15 is 0 Å². The Labute approximate surface area is 128 Å². The van der Waals surface area contributed by atoms with Crippen LogP contribution in [0.5, 0.6) is 5.75 Å². The Morgan fingerprint density at radius 3 is 2.35 bits per heavy atom. The van der Waals surface area contributed by atoms with Crippen LogP contribution in [0.4, 0.5) is 0 Å². The fourth-order valence-corrected chi connectivity index (χ4v) is 2.70. The van der Waals surface area contributed by atoms with Crippen LogP contribution in [-0.4, -0.2) is 0 Å². The van der Waals surface area contributed by atoms with E-state index in [1.54, 1.807) is 0 Å². The lowest BCUT2D eigenvalue weighted by Crippen LogP contribution is -2.00. The fourth-order valence-electron chi connectivity index (χ4n) is 2.06. The van der Waals surface area contributed by atoms with Crippen molar-refractivity contribution in [2.24, 2.45) is 0 Å². The molecule has 2 rings (SSSR count). The molecular weight excluding hydrogens is 314 g/mol. The van der Waals surface area contributed by atoms with E-state index in [2.05, 4.69) is 41.9 Å². The van der Waals surface area contributed by atoms with Crippen molar-refractivity contribution < 1.29 is 4.74 Å². The Bertz CT molecular complexity index is 669. The molecule has 0 amide bonds. The average Bonchev–Trinajstić information content (AvgIpc) is 2.45. The van der Waals surface area contributed by atoms with Gasteiger partial charge in [0, 0.05) is 4.47 Å². The van der Waals surface area contributed by atoms with Crippen LogP contribution in [0.15, 0.2) is 34.8 Å². The number of halogens is 1. The van der Waals surface area contributed by atoms with E-state index < -0.39 is 0 Å². The van der Waals surface area contributed by atoms with E-state index in [0.29, 0.717) is 12.2 Å². The van der Waals surface area contributed by atoms with Crippen LogP contribution in [0, 0.1) is 32.1 Å². The summed E-state index contributed by atoms with van der Waals surface area (Å²) >= 11 is 3.56. The van der Waals surface area contributed by atoms with Gasteiger partial charge in [-0.1, -0.05) is 28.1 Å². The van der Waals surface area contributed by atoms with E-state index in [0.717, 1.165) is 26.9 Å². The van der Waals surface area contributed by atoms with Crippen molar-refractivity contribution in [3.8, 4) is 11.8 Å². The smallest absolute Gasteiger partial charge is 0.125 e. The second-order valence-electron chi connectivity index (χ2n) is 4.85. The molecule has 0 aliphatic rings. The maximum absolute atomic E-state index is 8.78. The molecule has 0 radical (unpaired) electrons. The van der Waals surface area contributed by atoms with Crippen molar-refractivity contribution in [1.82, 2.24) is 0 Å². The van der Waals surface area contributed by atoms with Gasteiger partial charge in [0.2, 0.25) is 0 Å². The number of nitriles is 1. The third-order valence-electron chi connectivity index (χ3n) is 3.43. The first kappa shape index (κ1) is 14.6. The molecule has 0 saturated carbocycles. The van der Waals surface area contributed by atoms with Gasteiger partial charge < -0.3 is 4.74 Å². The summed E-state index contributed by atoms with van der Waals surface area (Å²) in [4.78, 5) is 0. The second-order valence-corrected chi connectivity index (χ2v) is 5.71. The summed E-state index contributed by atoms with van der Waals surface area (Å²) in [6.07, 6.45) is 0. The first-order chi connectivity index (χ1) is 9.52. The molecule has 2 aromatic carbocycles. The molecule has 0 aliphatic heterocycles. The molecule has 0 N–H and O–H groups in total. The molecule has 0 aromatic heterocycles. The van der Waals surface area contributed by atoms with Crippen LogP contribution < -0.4 is 4.74 Å². The molecule has 20 heavy (non-hydrogen) atoms. The van der Waals surface area contributed by atoms with Gasteiger partial charge in [-0.15, -0.1) is 0 Å². The zero-order valence-electron chi connectivity index (χ0n) is 11.8. The lowest BCUT2D eigenvalue weighted by molar-refractivity contribution is 0.301. The molecule has 0 heterocycles. The van der Waals surface area contributed by atoms with Gasteiger partial charge in [0.05, 0.1) is 11.6 Å². The number of hydrogen-bond acceptors (Lipinski definition) is 2. The summed E-state index contributed by atoms with van der Waals surface area (Å²) in [7, 11) is 0. The first-order valence-corrected chi connectivity index (χ1v) is 7.20. The molecule has 0 unspecified atom stereocenters. The summed E-state index contributed by atoms with van der Waals surface area (Å²) in [5.74, 6) is 0.940. The van der Waals surface area contributed by atoms with E-state index in [9.17, 15) is 0 Å². The molecule has 102 valence electrons. The summed E-state index contributed by atoms with van der Waals surface area (Å²) in [5, 5.41) is 8.78. The van der Waals surface area contributed by atoms with E-state index in [1.165, 1.54) is 5.56 Å². The third-order valence-corrected chi connectivity index (χ3v) is 4.25. The number of nitrogens with zero attached hydrogens (tertiary/aromatic N) is 1. The minimum atomic E-state index is 0.508. The molecule has 2 aromatic rings. The minimum absolute atomic E-state index is 0.508. The van der Waals surface area contributed by atoms with E-state index in [-0.39, 0.29) is 0 Å². The van der Waals surface area contributed by atoms with Crippen LogP contribution >= 0.6 is 15.9 Å². The van der Waals surface area contributed by atoms with Crippen molar-refractivity contribution in [3.05, 3.63) is 62.6 Å². The number of rotatable bonds is 3. The molecule has 0 fully saturated rings. The Balaban J connectivity index is 2.19. The number of aryl methyl sites for hydroxylation is 1. The van der Waals surface area contributed by atoms with E-state index in [4.69, 9.17) is 10.00 Å². The highest BCUT2D eigenvalue weighted by Crippen LogP contribution is 2.32. The van der Waals surface area contributed by atoms with Gasteiger partial charge in [-0.2, -0.15) is 5.26 Å². The summed E-state index contributed by atoms with van der Waals surface area (Å²) in [5.41, 5.74) is 5.20. The number of hydrogen-bond donors (Lipinski definition) is 0. The van der Waals surface area contributed by atoms with Crippen molar-refractivity contribution in [2.75, 3.05) is 0 Å². The van der Waals surface area contributed by atoms with Gasteiger partial charge in [-0.25, -0.2) is 0 Å². The zero-order valence-corrected chi connectivity index (χ0v) is 13.4.